The number of para-hydroxylation sites is 1. The molecule has 1 aromatic heterocycles. The first-order valence-electron chi connectivity index (χ1n) is 11.0. The smallest absolute Gasteiger partial charge is 0.253 e. The van der Waals surface area contributed by atoms with E-state index in [9.17, 15) is 9.59 Å². The van der Waals surface area contributed by atoms with E-state index in [0.29, 0.717) is 38.3 Å². The molecule has 2 aromatic carbocycles. The Morgan fingerprint density at radius 2 is 1.65 bits per heavy atom. The number of pyridine rings is 1. The van der Waals surface area contributed by atoms with Gasteiger partial charge in [0.15, 0.2) is 0 Å². The zero-order chi connectivity index (χ0) is 21.2. The number of nitrogens with zero attached hydrogens (tertiary/aromatic N) is 3. The average Bonchev–Trinajstić information content (AvgIpc) is 3.28. The molecule has 158 valence electrons. The highest BCUT2D eigenvalue weighted by atomic mass is 16.2. The van der Waals surface area contributed by atoms with E-state index in [1.165, 1.54) is 5.56 Å². The van der Waals surface area contributed by atoms with E-state index < -0.39 is 0 Å². The standard InChI is InChI=1S/C25H26N4O2/c30-23(17-28-13-15-29(16-14-28)25(31)18-7-2-1-3-8-18)27-24-19-9-4-5-11-21(19)26-22-12-6-10-20(22)24/h1-5,7-9,11H,6,10,12-17H2,(H,26,27,30). The van der Waals surface area contributed by atoms with E-state index in [-0.39, 0.29) is 11.8 Å². The van der Waals surface area contributed by atoms with Crippen molar-refractivity contribution in [1.82, 2.24) is 14.8 Å². The van der Waals surface area contributed by atoms with Gasteiger partial charge in [-0.3, -0.25) is 19.5 Å². The van der Waals surface area contributed by atoms with Crippen LogP contribution >= 0.6 is 0 Å². The summed E-state index contributed by atoms with van der Waals surface area (Å²) in [7, 11) is 0. The molecule has 31 heavy (non-hydrogen) atoms. The summed E-state index contributed by atoms with van der Waals surface area (Å²) in [5.74, 6) is 0.0526. The molecule has 3 aromatic rings. The fourth-order valence-electron chi connectivity index (χ4n) is 4.61. The van der Waals surface area contributed by atoms with Gasteiger partial charge >= 0.3 is 0 Å². The molecule has 2 heterocycles. The summed E-state index contributed by atoms with van der Waals surface area (Å²) >= 11 is 0. The van der Waals surface area contributed by atoms with Gasteiger partial charge in [0, 0.05) is 42.8 Å². The van der Waals surface area contributed by atoms with E-state index in [1.54, 1.807) is 0 Å². The van der Waals surface area contributed by atoms with Crippen LogP contribution in [0, 0.1) is 0 Å². The van der Waals surface area contributed by atoms with Gasteiger partial charge in [-0.05, 0) is 43.0 Å². The Morgan fingerprint density at radius 1 is 0.903 bits per heavy atom. The van der Waals surface area contributed by atoms with Crippen molar-refractivity contribution in [3.63, 3.8) is 0 Å². The number of hydrogen-bond acceptors (Lipinski definition) is 4. The SMILES string of the molecule is O=C(CN1CCN(C(=O)c2ccccc2)CC1)Nc1c2c(nc3ccccc13)CCC2. The van der Waals surface area contributed by atoms with Crippen LogP contribution in [0.15, 0.2) is 54.6 Å². The molecule has 1 aliphatic carbocycles. The van der Waals surface area contributed by atoms with Crippen molar-refractivity contribution < 1.29 is 9.59 Å². The van der Waals surface area contributed by atoms with Crippen LogP contribution in [0.4, 0.5) is 5.69 Å². The maximum Gasteiger partial charge on any atom is 0.253 e. The van der Waals surface area contributed by atoms with Crippen LogP contribution < -0.4 is 5.32 Å². The van der Waals surface area contributed by atoms with Gasteiger partial charge in [0.1, 0.15) is 0 Å². The van der Waals surface area contributed by atoms with Gasteiger partial charge in [-0.25, -0.2) is 0 Å². The molecule has 0 spiro atoms. The lowest BCUT2D eigenvalue weighted by molar-refractivity contribution is -0.117. The number of anilines is 1. The van der Waals surface area contributed by atoms with Crippen molar-refractivity contribution in [2.75, 3.05) is 38.0 Å². The molecule has 6 heteroatoms. The van der Waals surface area contributed by atoms with E-state index in [1.807, 2.05) is 59.5 Å². The summed E-state index contributed by atoms with van der Waals surface area (Å²) < 4.78 is 0. The van der Waals surface area contributed by atoms with Crippen molar-refractivity contribution >= 4 is 28.4 Å². The first-order chi connectivity index (χ1) is 15.2. The third kappa shape index (κ3) is 4.03. The predicted octanol–water partition coefficient (Wildman–Crippen LogP) is 3.12. The van der Waals surface area contributed by atoms with Gasteiger partial charge in [-0.15, -0.1) is 0 Å². The highest BCUT2D eigenvalue weighted by Gasteiger charge is 2.25. The Balaban J connectivity index is 1.23. The molecule has 2 aliphatic rings. The Labute approximate surface area is 181 Å². The van der Waals surface area contributed by atoms with E-state index in [2.05, 4.69) is 10.2 Å². The molecular weight excluding hydrogens is 388 g/mol. The number of carbonyl (C=O) groups excluding carboxylic acids is 2. The first kappa shape index (κ1) is 19.7. The van der Waals surface area contributed by atoms with Gasteiger partial charge in [0.25, 0.3) is 5.91 Å². The highest BCUT2D eigenvalue weighted by molar-refractivity contribution is 6.03. The Bertz CT molecular complexity index is 1120. The summed E-state index contributed by atoms with van der Waals surface area (Å²) in [5, 5.41) is 4.20. The molecule has 5 rings (SSSR count). The van der Waals surface area contributed by atoms with Crippen molar-refractivity contribution in [2.24, 2.45) is 0 Å². The molecule has 0 radical (unpaired) electrons. The second-order valence-corrected chi connectivity index (χ2v) is 8.27. The van der Waals surface area contributed by atoms with Crippen molar-refractivity contribution in [1.29, 1.82) is 0 Å². The molecule has 1 N–H and O–H groups in total. The van der Waals surface area contributed by atoms with Crippen LogP contribution in [0.3, 0.4) is 0 Å². The van der Waals surface area contributed by atoms with Crippen LogP contribution in [-0.4, -0.2) is 59.3 Å². The van der Waals surface area contributed by atoms with Crippen LogP contribution in [0.1, 0.15) is 28.0 Å². The van der Waals surface area contributed by atoms with Crippen LogP contribution in [0.2, 0.25) is 0 Å². The van der Waals surface area contributed by atoms with Crippen LogP contribution in [0.5, 0.6) is 0 Å². The Kier molecular flexibility index (Phi) is 5.38. The van der Waals surface area contributed by atoms with Gasteiger partial charge in [-0.2, -0.15) is 0 Å². The minimum absolute atomic E-state index is 0.00621. The first-order valence-corrected chi connectivity index (χ1v) is 11.0. The molecule has 2 amide bonds. The molecule has 6 nitrogen and oxygen atoms in total. The quantitative estimate of drug-likeness (QED) is 0.712. The lowest BCUT2D eigenvalue weighted by Crippen LogP contribution is -2.50. The molecule has 1 saturated heterocycles. The number of fused-ring (bicyclic) bond motifs is 2. The van der Waals surface area contributed by atoms with Crippen molar-refractivity contribution in [3.05, 3.63) is 71.4 Å². The summed E-state index contributed by atoms with van der Waals surface area (Å²) in [6.07, 6.45) is 3.02. The average molecular weight is 415 g/mol. The van der Waals surface area contributed by atoms with Crippen molar-refractivity contribution in [3.8, 4) is 0 Å². The summed E-state index contributed by atoms with van der Waals surface area (Å²) in [5.41, 5.74) is 4.88. The lowest BCUT2D eigenvalue weighted by atomic mass is 10.1. The number of aryl methyl sites for hydroxylation is 1. The molecule has 0 bridgehead atoms. The van der Waals surface area contributed by atoms with Gasteiger partial charge in [0.05, 0.1) is 17.7 Å². The third-order valence-electron chi connectivity index (χ3n) is 6.23. The van der Waals surface area contributed by atoms with E-state index in [0.717, 1.165) is 41.5 Å². The number of carbonyl (C=O) groups is 2. The number of piperazine rings is 1. The minimum atomic E-state index is -0.00621. The van der Waals surface area contributed by atoms with Crippen LogP contribution in [0.25, 0.3) is 10.9 Å². The van der Waals surface area contributed by atoms with Gasteiger partial charge in [0.2, 0.25) is 5.91 Å². The summed E-state index contributed by atoms with van der Waals surface area (Å²) in [6.45, 7) is 2.99. The highest BCUT2D eigenvalue weighted by Crippen LogP contribution is 2.33. The van der Waals surface area contributed by atoms with Gasteiger partial charge < -0.3 is 10.2 Å². The van der Waals surface area contributed by atoms with E-state index >= 15 is 0 Å². The van der Waals surface area contributed by atoms with Gasteiger partial charge in [-0.1, -0.05) is 36.4 Å². The molecule has 1 fully saturated rings. The third-order valence-corrected chi connectivity index (χ3v) is 6.23. The second-order valence-electron chi connectivity index (χ2n) is 8.27. The molecule has 0 saturated carbocycles. The summed E-state index contributed by atoms with van der Waals surface area (Å²) in [4.78, 5) is 34.3. The second kappa shape index (κ2) is 8.47. The number of rotatable bonds is 4. The number of hydrogen-bond donors (Lipinski definition) is 1. The number of amides is 2. The van der Waals surface area contributed by atoms with E-state index in [4.69, 9.17) is 4.98 Å². The topological polar surface area (TPSA) is 65.5 Å². The molecule has 0 atom stereocenters. The predicted molar refractivity (Wildman–Crippen MR) is 121 cm³/mol. The molecular formula is C25H26N4O2. The molecule has 1 aliphatic heterocycles. The number of aromatic nitrogens is 1. The fourth-order valence-corrected chi connectivity index (χ4v) is 4.61. The largest absolute Gasteiger partial charge is 0.336 e. The van der Waals surface area contributed by atoms with Crippen molar-refractivity contribution in [2.45, 2.75) is 19.3 Å². The number of nitrogens with one attached hydrogen (secondary N) is 1. The zero-order valence-corrected chi connectivity index (χ0v) is 17.5. The Morgan fingerprint density at radius 3 is 2.45 bits per heavy atom. The maximum absolute atomic E-state index is 12.9. The molecule has 0 unspecified atom stereocenters. The Hall–Kier alpha value is -3.25. The fraction of sp³-hybridized carbons (Fsp3) is 0.320. The maximum atomic E-state index is 12.9. The minimum Gasteiger partial charge on any atom is -0.336 e. The van der Waals surface area contributed by atoms with Crippen LogP contribution in [-0.2, 0) is 17.6 Å². The number of benzene rings is 2. The zero-order valence-electron chi connectivity index (χ0n) is 17.5. The summed E-state index contributed by atoms with van der Waals surface area (Å²) in [6, 6.07) is 17.4. The normalized spacial score (nSPS) is 16.3. The lowest BCUT2D eigenvalue weighted by Gasteiger charge is -2.34. The monoisotopic (exact) mass is 414 g/mol.